The highest BCUT2D eigenvalue weighted by Gasteiger charge is 2.48. The minimum atomic E-state index is -1.84. The molecule has 5 heterocycles. The van der Waals surface area contributed by atoms with Crippen LogP contribution in [0.1, 0.15) is 31.3 Å². The SMILES string of the molecule is CC#CCn1c(N2CCC[C@@H](O[C@@H]3O[C@H](C(=O)O)[C@@H](O)[C@H](O)[C@H]3O)C2)nc2c1c(=O)n(Cc1nc(C)c3ccccc3n1)c(=O)n2C. The number of imidazole rings is 1. The average Bonchev–Trinajstić information content (AvgIpc) is 3.45. The maximum Gasteiger partial charge on any atom is 0.335 e. The van der Waals surface area contributed by atoms with Gasteiger partial charge in [-0.15, -0.1) is 5.92 Å². The zero-order valence-electron chi connectivity index (χ0n) is 26.0. The molecule has 6 atom stereocenters. The van der Waals surface area contributed by atoms with Crippen molar-refractivity contribution in [3.05, 3.63) is 56.6 Å². The Labute approximate surface area is 267 Å². The highest BCUT2D eigenvalue weighted by molar-refractivity contribution is 5.80. The van der Waals surface area contributed by atoms with Crippen molar-refractivity contribution >= 4 is 34.0 Å². The standard InChI is InChI=1S/C31H35N7O9/c1-4-5-13-37-21-26(35(3)31(45)38(27(21)42)15-20-32-16(2)18-10-6-7-11-19(18)33-20)34-30(37)36-12-8-9-17(14-36)46-29-24(41)22(39)23(40)25(47-29)28(43)44/h6-7,10-11,17,22-25,29,39-41H,8-9,12-15H2,1-3H3,(H,43,44)/t17-,22+,23+,24-,25+,29-/m1/s1. The summed E-state index contributed by atoms with van der Waals surface area (Å²) in [5, 5.41) is 41.0. The fraction of sp³-hybridized carbons (Fsp3) is 0.484. The van der Waals surface area contributed by atoms with Crippen LogP contribution in [0.2, 0.25) is 0 Å². The Kier molecular flexibility index (Phi) is 8.83. The first-order chi connectivity index (χ1) is 22.5. The first-order valence-corrected chi connectivity index (χ1v) is 15.1. The predicted octanol–water partition coefficient (Wildman–Crippen LogP) is -0.902. The molecule has 0 unspecified atom stereocenters. The molecule has 6 rings (SSSR count). The molecule has 16 nitrogen and oxygen atoms in total. The maximum atomic E-state index is 14.0. The third kappa shape index (κ3) is 5.88. The second kappa shape index (κ2) is 12.9. The molecule has 2 aliphatic rings. The number of hydrogen-bond acceptors (Lipinski definition) is 12. The lowest BCUT2D eigenvalue weighted by Gasteiger charge is -2.41. The van der Waals surface area contributed by atoms with Gasteiger partial charge in [-0.25, -0.2) is 19.6 Å². The van der Waals surface area contributed by atoms with Crippen molar-refractivity contribution in [1.82, 2.24) is 28.7 Å². The summed E-state index contributed by atoms with van der Waals surface area (Å²) in [5.74, 6) is 4.99. The smallest absolute Gasteiger partial charge is 0.335 e. The predicted molar refractivity (Wildman–Crippen MR) is 167 cm³/mol. The number of rotatable bonds is 7. The summed E-state index contributed by atoms with van der Waals surface area (Å²) in [6.07, 6.45) is -8.14. The molecule has 0 spiro atoms. The number of benzene rings is 1. The summed E-state index contributed by atoms with van der Waals surface area (Å²) in [5.41, 5.74) is 0.577. The molecule has 3 aromatic heterocycles. The van der Waals surface area contributed by atoms with E-state index in [1.165, 1.54) is 11.6 Å². The molecular formula is C31H35N7O9. The number of ether oxygens (including phenoxy) is 2. The highest BCUT2D eigenvalue weighted by Crippen LogP contribution is 2.28. The Morgan fingerprint density at radius 1 is 1.09 bits per heavy atom. The number of fused-ring (bicyclic) bond motifs is 2. The normalized spacial score (nSPS) is 24.8. The monoisotopic (exact) mass is 649 g/mol. The second-order valence-corrected chi connectivity index (χ2v) is 11.7. The second-order valence-electron chi connectivity index (χ2n) is 11.7. The van der Waals surface area contributed by atoms with Crippen LogP contribution < -0.4 is 16.1 Å². The summed E-state index contributed by atoms with van der Waals surface area (Å²) >= 11 is 0. The van der Waals surface area contributed by atoms with Crippen LogP contribution in [-0.2, 0) is 34.4 Å². The van der Waals surface area contributed by atoms with Gasteiger partial charge in [0.05, 0.1) is 24.7 Å². The minimum Gasteiger partial charge on any atom is -0.479 e. The Hall–Kier alpha value is -4.66. The Morgan fingerprint density at radius 2 is 1.85 bits per heavy atom. The van der Waals surface area contributed by atoms with Crippen molar-refractivity contribution in [3.63, 3.8) is 0 Å². The Balaban J connectivity index is 1.35. The van der Waals surface area contributed by atoms with Crippen molar-refractivity contribution in [1.29, 1.82) is 0 Å². The van der Waals surface area contributed by atoms with E-state index in [1.54, 1.807) is 11.5 Å². The van der Waals surface area contributed by atoms with Gasteiger partial charge in [-0.05, 0) is 32.8 Å². The number of aryl methyl sites for hydroxylation is 2. The van der Waals surface area contributed by atoms with Crippen LogP contribution in [0.15, 0.2) is 33.9 Å². The van der Waals surface area contributed by atoms with Crippen LogP contribution >= 0.6 is 0 Å². The number of piperidine rings is 1. The zero-order chi connectivity index (χ0) is 33.6. The number of nitrogens with zero attached hydrogens (tertiary/aromatic N) is 7. The Bertz CT molecular complexity index is 2030. The first-order valence-electron chi connectivity index (χ1n) is 15.1. The molecule has 4 aromatic rings. The van der Waals surface area contributed by atoms with Crippen LogP contribution in [0.5, 0.6) is 0 Å². The van der Waals surface area contributed by atoms with Gasteiger partial charge in [0.25, 0.3) is 5.56 Å². The fourth-order valence-electron chi connectivity index (χ4n) is 6.14. The number of aliphatic carboxylic acids is 1. The van der Waals surface area contributed by atoms with Gasteiger partial charge >= 0.3 is 11.7 Å². The van der Waals surface area contributed by atoms with Gasteiger partial charge in [0.2, 0.25) is 5.95 Å². The molecule has 0 bridgehead atoms. The largest absolute Gasteiger partial charge is 0.479 e. The number of aromatic nitrogens is 6. The van der Waals surface area contributed by atoms with Gasteiger partial charge in [-0.1, -0.05) is 24.1 Å². The number of carboxylic acids is 1. The summed E-state index contributed by atoms with van der Waals surface area (Å²) in [6.45, 7) is 4.14. The average molecular weight is 650 g/mol. The highest BCUT2D eigenvalue weighted by atomic mass is 16.7. The van der Waals surface area contributed by atoms with E-state index in [0.29, 0.717) is 36.7 Å². The lowest BCUT2D eigenvalue weighted by atomic mass is 9.98. The molecular weight excluding hydrogens is 614 g/mol. The van der Waals surface area contributed by atoms with Gasteiger partial charge in [-0.3, -0.25) is 18.5 Å². The third-order valence-electron chi connectivity index (χ3n) is 8.57. The van der Waals surface area contributed by atoms with Crippen LogP contribution in [-0.4, -0.2) is 105 Å². The van der Waals surface area contributed by atoms with Crippen molar-refractivity contribution in [3.8, 4) is 11.8 Å². The number of carbonyl (C=O) groups is 1. The van der Waals surface area contributed by atoms with Gasteiger partial charge in [0.15, 0.2) is 23.6 Å². The van der Waals surface area contributed by atoms with Crippen molar-refractivity contribution in [2.24, 2.45) is 7.05 Å². The Morgan fingerprint density at radius 3 is 2.60 bits per heavy atom. The summed E-state index contributed by atoms with van der Waals surface area (Å²) in [6, 6.07) is 7.49. The molecule has 16 heteroatoms. The quantitative estimate of drug-likeness (QED) is 0.179. The van der Waals surface area contributed by atoms with E-state index in [1.807, 2.05) is 36.1 Å². The maximum absolute atomic E-state index is 14.0. The molecule has 47 heavy (non-hydrogen) atoms. The summed E-state index contributed by atoms with van der Waals surface area (Å²) < 4.78 is 15.3. The van der Waals surface area contributed by atoms with Crippen molar-refractivity contribution < 1.29 is 34.7 Å². The number of hydrogen-bond donors (Lipinski definition) is 4. The van der Waals surface area contributed by atoms with Crippen molar-refractivity contribution in [2.75, 3.05) is 18.0 Å². The van der Waals surface area contributed by atoms with Crippen LogP contribution in [0.4, 0.5) is 5.95 Å². The van der Waals surface area contributed by atoms with Gasteiger partial charge in [0.1, 0.15) is 24.1 Å². The van der Waals surface area contributed by atoms with E-state index in [-0.39, 0.29) is 30.8 Å². The first kappa shape index (κ1) is 32.3. The van der Waals surface area contributed by atoms with Crippen LogP contribution in [0.3, 0.4) is 0 Å². The van der Waals surface area contributed by atoms with E-state index in [2.05, 4.69) is 21.8 Å². The molecule has 248 valence electrons. The molecule has 1 aromatic carbocycles. The molecule has 2 saturated heterocycles. The van der Waals surface area contributed by atoms with Crippen molar-refractivity contribution in [2.45, 2.75) is 76.6 Å². The summed E-state index contributed by atoms with van der Waals surface area (Å²) in [4.78, 5) is 54.8. The van der Waals surface area contributed by atoms with E-state index in [4.69, 9.17) is 14.5 Å². The van der Waals surface area contributed by atoms with E-state index < -0.39 is 54.0 Å². The number of carboxylic acid groups (broad SMARTS) is 1. The van der Waals surface area contributed by atoms with Crippen LogP contribution in [0.25, 0.3) is 22.1 Å². The van der Waals surface area contributed by atoms with Crippen LogP contribution in [0, 0.1) is 18.8 Å². The number of anilines is 1. The lowest BCUT2D eigenvalue weighted by Crippen LogP contribution is -2.61. The molecule has 0 amide bonds. The number of aliphatic hydroxyl groups excluding tert-OH is 3. The molecule has 0 radical (unpaired) electrons. The zero-order valence-corrected chi connectivity index (χ0v) is 26.0. The molecule has 2 fully saturated rings. The topological polar surface area (TPSA) is 207 Å². The number of aliphatic hydroxyl groups is 3. The molecule has 2 aliphatic heterocycles. The van der Waals surface area contributed by atoms with Gasteiger partial charge in [-0.2, -0.15) is 4.98 Å². The van der Waals surface area contributed by atoms with E-state index >= 15 is 0 Å². The summed E-state index contributed by atoms with van der Waals surface area (Å²) in [7, 11) is 1.53. The van der Waals surface area contributed by atoms with Gasteiger partial charge in [0, 0.05) is 31.2 Å². The molecule has 4 N–H and O–H groups in total. The van der Waals surface area contributed by atoms with Gasteiger partial charge < -0.3 is 34.8 Å². The van der Waals surface area contributed by atoms with E-state index in [9.17, 15) is 34.8 Å². The fourth-order valence-corrected chi connectivity index (χ4v) is 6.14. The van der Waals surface area contributed by atoms with E-state index in [0.717, 1.165) is 15.6 Å². The number of para-hydroxylation sites is 1. The third-order valence-corrected chi connectivity index (χ3v) is 8.57. The molecule has 0 saturated carbocycles. The lowest BCUT2D eigenvalue weighted by molar-refractivity contribution is -0.304. The minimum absolute atomic E-state index is 0.0954. The molecule has 0 aliphatic carbocycles.